The van der Waals surface area contributed by atoms with Crippen LogP contribution in [0.2, 0.25) is 0 Å². The zero-order valence-corrected chi connectivity index (χ0v) is 18.9. The molecule has 0 aliphatic heterocycles. The number of benzene rings is 2. The highest BCUT2D eigenvalue weighted by molar-refractivity contribution is 7.87. The Bertz CT molecular complexity index is 1020. The number of hydrogen-bond acceptors (Lipinski definition) is 5. The average Bonchev–Trinajstić information content (AvgIpc) is 2.70. The summed E-state index contributed by atoms with van der Waals surface area (Å²) < 4.78 is 73.9. The van der Waals surface area contributed by atoms with Gasteiger partial charge in [-0.1, -0.05) is 32.0 Å². The van der Waals surface area contributed by atoms with E-state index < -0.39 is 26.8 Å². The molecule has 10 heteroatoms. The molecule has 0 aliphatic carbocycles. The summed E-state index contributed by atoms with van der Waals surface area (Å²) in [6, 6.07) is 9.41. The lowest BCUT2D eigenvalue weighted by Crippen LogP contribution is -2.34. The summed E-state index contributed by atoms with van der Waals surface area (Å²) in [6.07, 6.45) is -4.33. The van der Waals surface area contributed by atoms with Crippen LogP contribution in [0.25, 0.3) is 0 Å². The zero-order chi connectivity index (χ0) is 23.9. The van der Waals surface area contributed by atoms with Gasteiger partial charge in [-0.15, -0.1) is 0 Å². The fourth-order valence-electron chi connectivity index (χ4n) is 2.89. The molecule has 0 radical (unpaired) electrons. The van der Waals surface area contributed by atoms with Gasteiger partial charge in [-0.3, -0.25) is 4.79 Å². The van der Waals surface area contributed by atoms with Crippen molar-refractivity contribution in [3.63, 3.8) is 0 Å². The molecule has 0 atom stereocenters. The zero-order valence-electron chi connectivity index (χ0n) is 18.1. The van der Waals surface area contributed by atoms with E-state index in [4.69, 9.17) is 8.92 Å². The molecule has 0 aliphatic rings. The quantitative estimate of drug-likeness (QED) is 0.476. The molecule has 32 heavy (non-hydrogen) atoms. The van der Waals surface area contributed by atoms with Crippen LogP contribution in [0.5, 0.6) is 5.75 Å². The number of hydrogen-bond donors (Lipinski definition) is 0. The van der Waals surface area contributed by atoms with Crippen molar-refractivity contribution < 1.29 is 35.3 Å². The highest BCUT2D eigenvalue weighted by Gasteiger charge is 2.32. The van der Waals surface area contributed by atoms with Crippen LogP contribution in [0.4, 0.5) is 13.2 Å². The van der Waals surface area contributed by atoms with Gasteiger partial charge in [0.25, 0.3) is 0 Å². The number of alkyl halides is 3. The van der Waals surface area contributed by atoms with Gasteiger partial charge in [0.2, 0.25) is 5.91 Å². The fourth-order valence-corrected chi connectivity index (χ4v) is 3.86. The third-order valence-electron chi connectivity index (χ3n) is 4.43. The molecule has 0 heterocycles. The first-order chi connectivity index (χ1) is 14.9. The Labute approximate surface area is 186 Å². The van der Waals surface area contributed by atoms with Gasteiger partial charge in [-0.2, -0.15) is 21.6 Å². The molecule has 6 nitrogen and oxygen atoms in total. The van der Waals surface area contributed by atoms with Crippen molar-refractivity contribution in [3.05, 3.63) is 59.7 Å². The third-order valence-corrected chi connectivity index (χ3v) is 5.67. The Morgan fingerprint density at radius 3 is 2.41 bits per heavy atom. The molecule has 0 saturated carbocycles. The predicted octanol–water partition coefficient (Wildman–Crippen LogP) is 4.49. The van der Waals surface area contributed by atoms with Crippen LogP contribution in [0.15, 0.2) is 53.4 Å². The van der Waals surface area contributed by atoms with Crippen LogP contribution in [0, 0.1) is 5.92 Å². The normalized spacial score (nSPS) is 12.1. The third kappa shape index (κ3) is 7.52. The second kappa shape index (κ2) is 10.8. The Hall–Kier alpha value is -2.59. The fraction of sp³-hybridized carbons (Fsp3) is 0.409. The number of halogens is 3. The van der Waals surface area contributed by atoms with Crippen molar-refractivity contribution in [2.75, 3.05) is 20.3 Å². The minimum atomic E-state index is -4.68. The highest BCUT2D eigenvalue weighted by atomic mass is 32.2. The van der Waals surface area contributed by atoms with Gasteiger partial charge in [0, 0.05) is 26.6 Å². The molecule has 0 saturated heterocycles. The summed E-state index contributed by atoms with van der Waals surface area (Å²) in [5.41, 5.74) is -0.483. The van der Waals surface area contributed by atoms with E-state index in [9.17, 15) is 26.4 Å². The second-order valence-electron chi connectivity index (χ2n) is 7.62. The largest absolute Gasteiger partial charge is 0.416 e. The van der Waals surface area contributed by atoms with Crippen molar-refractivity contribution in [3.8, 4) is 5.75 Å². The van der Waals surface area contributed by atoms with Crippen molar-refractivity contribution in [2.24, 2.45) is 5.92 Å². The van der Waals surface area contributed by atoms with Gasteiger partial charge in [0.15, 0.2) is 0 Å². The van der Waals surface area contributed by atoms with E-state index in [2.05, 4.69) is 0 Å². The molecule has 2 aromatic rings. The van der Waals surface area contributed by atoms with Gasteiger partial charge in [0.05, 0.1) is 12.2 Å². The molecule has 2 rings (SSSR count). The number of nitrogens with zero attached hydrogens (tertiary/aromatic N) is 1. The van der Waals surface area contributed by atoms with E-state index in [-0.39, 0.29) is 24.1 Å². The number of carbonyl (C=O) groups excluding carboxylic acids is 1. The number of rotatable bonds is 10. The number of ether oxygens (including phenoxy) is 1. The Balaban J connectivity index is 2.22. The molecule has 0 fully saturated rings. The molecule has 0 N–H and O–H groups in total. The first-order valence-corrected chi connectivity index (χ1v) is 11.3. The molecule has 0 unspecified atom stereocenters. The standard InChI is InChI=1S/C22H26F3NO5S/c1-16(2)12-21(27)26(10-11-30-3)15-17-6-4-8-19(13-17)31-32(28,29)20-9-5-7-18(14-20)22(23,24)25/h4-9,13-14,16H,10-12,15H2,1-3H3. The lowest BCUT2D eigenvalue weighted by atomic mass is 10.1. The molecular formula is C22H26F3NO5S. The summed E-state index contributed by atoms with van der Waals surface area (Å²) in [7, 11) is -2.96. The highest BCUT2D eigenvalue weighted by Crippen LogP contribution is 2.31. The Morgan fingerprint density at radius 2 is 1.78 bits per heavy atom. The van der Waals surface area contributed by atoms with Crippen LogP contribution in [-0.2, 0) is 32.4 Å². The topological polar surface area (TPSA) is 72.9 Å². The minimum Gasteiger partial charge on any atom is -0.383 e. The second-order valence-corrected chi connectivity index (χ2v) is 9.16. The molecule has 0 spiro atoms. The maximum absolute atomic E-state index is 12.9. The van der Waals surface area contributed by atoms with E-state index >= 15 is 0 Å². The van der Waals surface area contributed by atoms with Gasteiger partial charge in [0.1, 0.15) is 10.6 Å². The Morgan fingerprint density at radius 1 is 1.09 bits per heavy atom. The predicted molar refractivity (Wildman–Crippen MR) is 112 cm³/mol. The first-order valence-electron chi connectivity index (χ1n) is 9.90. The average molecular weight is 474 g/mol. The number of amides is 1. The molecule has 2 aromatic carbocycles. The summed E-state index contributed by atoms with van der Waals surface area (Å²) >= 11 is 0. The smallest absolute Gasteiger partial charge is 0.383 e. The van der Waals surface area contributed by atoms with E-state index in [1.54, 1.807) is 17.0 Å². The monoisotopic (exact) mass is 473 g/mol. The lowest BCUT2D eigenvalue weighted by Gasteiger charge is -2.23. The van der Waals surface area contributed by atoms with Crippen LogP contribution in [-0.4, -0.2) is 39.5 Å². The molecule has 0 bridgehead atoms. The number of methoxy groups -OCH3 is 1. The van der Waals surface area contributed by atoms with Gasteiger partial charge >= 0.3 is 16.3 Å². The van der Waals surface area contributed by atoms with Crippen molar-refractivity contribution >= 4 is 16.0 Å². The van der Waals surface area contributed by atoms with Crippen molar-refractivity contribution in [1.82, 2.24) is 4.90 Å². The summed E-state index contributed by atoms with van der Waals surface area (Å²) in [6.45, 7) is 4.76. The van der Waals surface area contributed by atoms with E-state index in [0.29, 0.717) is 31.2 Å². The van der Waals surface area contributed by atoms with Gasteiger partial charge in [-0.25, -0.2) is 0 Å². The summed E-state index contributed by atoms with van der Waals surface area (Å²) in [4.78, 5) is 13.5. The van der Waals surface area contributed by atoms with Crippen LogP contribution in [0.1, 0.15) is 31.4 Å². The van der Waals surface area contributed by atoms with Gasteiger partial charge < -0.3 is 13.8 Å². The molecule has 0 aromatic heterocycles. The molecular weight excluding hydrogens is 447 g/mol. The molecule has 176 valence electrons. The summed E-state index contributed by atoms with van der Waals surface area (Å²) in [5.74, 6) is 0.0303. The van der Waals surface area contributed by atoms with Crippen molar-refractivity contribution in [2.45, 2.75) is 37.9 Å². The maximum Gasteiger partial charge on any atom is 0.416 e. The first kappa shape index (κ1) is 25.7. The van der Waals surface area contributed by atoms with E-state index in [1.165, 1.54) is 19.2 Å². The SMILES string of the molecule is COCCN(Cc1cccc(OS(=O)(=O)c2cccc(C(F)(F)F)c2)c1)C(=O)CC(C)C. The van der Waals surface area contributed by atoms with Crippen LogP contribution < -0.4 is 4.18 Å². The Kier molecular flexibility index (Phi) is 8.68. The minimum absolute atomic E-state index is 0.0667. The number of carbonyl (C=O) groups is 1. The summed E-state index contributed by atoms with van der Waals surface area (Å²) in [5, 5.41) is 0. The van der Waals surface area contributed by atoms with Crippen molar-refractivity contribution in [1.29, 1.82) is 0 Å². The van der Waals surface area contributed by atoms with Crippen LogP contribution in [0.3, 0.4) is 0 Å². The maximum atomic E-state index is 12.9. The van der Waals surface area contributed by atoms with E-state index in [1.807, 2.05) is 13.8 Å². The van der Waals surface area contributed by atoms with Crippen LogP contribution >= 0.6 is 0 Å². The van der Waals surface area contributed by atoms with E-state index in [0.717, 1.165) is 18.2 Å². The van der Waals surface area contributed by atoms with Gasteiger partial charge in [-0.05, 0) is 41.8 Å². The lowest BCUT2D eigenvalue weighted by molar-refractivity contribution is -0.137. The molecule has 1 amide bonds.